The Bertz CT molecular complexity index is 345. The SMILES string of the molecule is Cc1cc(O)cc(OC(F)(F)F)c1C. The molecule has 0 saturated carbocycles. The normalized spacial score (nSPS) is 11.5. The molecule has 1 aromatic rings. The number of ether oxygens (including phenoxy) is 1. The third-order valence-electron chi connectivity index (χ3n) is 1.83. The van der Waals surface area contributed by atoms with Crippen LogP contribution in [0.2, 0.25) is 0 Å². The molecule has 1 N–H and O–H groups in total. The molecule has 0 fully saturated rings. The van der Waals surface area contributed by atoms with Gasteiger partial charge in [0.2, 0.25) is 0 Å². The van der Waals surface area contributed by atoms with Crippen LogP contribution in [0.25, 0.3) is 0 Å². The maximum absolute atomic E-state index is 11.9. The van der Waals surface area contributed by atoms with Crippen molar-refractivity contribution in [3.05, 3.63) is 23.3 Å². The molecule has 0 aliphatic carbocycles. The summed E-state index contributed by atoms with van der Waals surface area (Å²) < 4.78 is 39.4. The van der Waals surface area contributed by atoms with Gasteiger partial charge in [-0.2, -0.15) is 0 Å². The molecule has 0 bridgehead atoms. The van der Waals surface area contributed by atoms with Gasteiger partial charge in [0, 0.05) is 6.07 Å². The molecule has 0 spiro atoms. The predicted octanol–water partition coefficient (Wildman–Crippen LogP) is 2.91. The lowest BCUT2D eigenvalue weighted by Gasteiger charge is -2.13. The summed E-state index contributed by atoms with van der Waals surface area (Å²) in [5.41, 5.74) is 0.907. The first-order valence-corrected chi connectivity index (χ1v) is 3.85. The molecule has 0 saturated heterocycles. The van der Waals surface area contributed by atoms with Gasteiger partial charge in [-0.05, 0) is 31.0 Å². The topological polar surface area (TPSA) is 29.5 Å². The average Bonchev–Trinajstić information content (AvgIpc) is 1.96. The van der Waals surface area contributed by atoms with Gasteiger partial charge < -0.3 is 9.84 Å². The molecule has 0 amide bonds. The Kier molecular flexibility index (Phi) is 2.59. The molecule has 78 valence electrons. The zero-order chi connectivity index (χ0) is 10.9. The maximum Gasteiger partial charge on any atom is 0.573 e. The number of hydrogen-bond donors (Lipinski definition) is 1. The fraction of sp³-hybridized carbons (Fsp3) is 0.333. The largest absolute Gasteiger partial charge is 0.573 e. The number of aryl methyl sites for hydroxylation is 1. The minimum atomic E-state index is -4.73. The summed E-state index contributed by atoms with van der Waals surface area (Å²) in [6.45, 7) is 3.09. The van der Waals surface area contributed by atoms with Crippen LogP contribution in [0.15, 0.2) is 12.1 Å². The van der Waals surface area contributed by atoms with Gasteiger partial charge >= 0.3 is 6.36 Å². The van der Waals surface area contributed by atoms with Gasteiger partial charge in [-0.1, -0.05) is 0 Å². The molecule has 0 unspecified atom stereocenters. The highest BCUT2D eigenvalue weighted by molar-refractivity contribution is 5.44. The Balaban J connectivity index is 3.09. The van der Waals surface area contributed by atoms with E-state index in [9.17, 15) is 13.2 Å². The van der Waals surface area contributed by atoms with Gasteiger partial charge in [-0.15, -0.1) is 13.2 Å². The zero-order valence-corrected chi connectivity index (χ0v) is 7.64. The summed E-state index contributed by atoms with van der Waals surface area (Å²) in [7, 11) is 0. The molecule has 0 radical (unpaired) electrons. The second-order valence-corrected chi connectivity index (χ2v) is 2.93. The Labute approximate surface area is 78.9 Å². The minimum Gasteiger partial charge on any atom is -0.508 e. The Morgan fingerprint density at radius 2 is 1.79 bits per heavy atom. The number of alkyl halides is 3. The molecule has 0 heterocycles. The molecule has 0 aliphatic heterocycles. The highest BCUT2D eigenvalue weighted by atomic mass is 19.4. The van der Waals surface area contributed by atoms with Crippen LogP contribution in [0.5, 0.6) is 11.5 Å². The van der Waals surface area contributed by atoms with Gasteiger partial charge in [0.15, 0.2) is 0 Å². The first-order chi connectivity index (χ1) is 6.29. The average molecular weight is 206 g/mol. The van der Waals surface area contributed by atoms with E-state index in [2.05, 4.69) is 4.74 Å². The van der Waals surface area contributed by atoms with Crippen molar-refractivity contribution in [3.63, 3.8) is 0 Å². The molecule has 0 aliphatic rings. The van der Waals surface area contributed by atoms with Crippen LogP contribution in [-0.4, -0.2) is 11.5 Å². The highest BCUT2D eigenvalue weighted by Crippen LogP contribution is 2.31. The van der Waals surface area contributed by atoms with E-state index in [1.165, 1.54) is 13.0 Å². The number of halogens is 3. The second kappa shape index (κ2) is 3.40. The molecular formula is C9H9F3O2. The van der Waals surface area contributed by atoms with E-state index in [1.807, 2.05) is 0 Å². The molecular weight excluding hydrogens is 197 g/mol. The van der Waals surface area contributed by atoms with Crippen molar-refractivity contribution in [2.75, 3.05) is 0 Å². The maximum atomic E-state index is 11.9. The van der Waals surface area contributed by atoms with E-state index in [-0.39, 0.29) is 11.5 Å². The summed E-state index contributed by atoms with van der Waals surface area (Å²) in [6.07, 6.45) is -4.73. The fourth-order valence-corrected chi connectivity index (χ4v) is 1.04. The number of phenols is 1. The molecule has 1 rings (SSSR count). The van der Waals surface area contributed by atoms with Crippen molar-refractivity contribution in [2.45, 2.75) is 20.2 Å². The van der Waals surface area contributed by atoms with Crippen molar-refractivity contribution in [3.8, 4) is 11.5 Å². The van der Waals surface area contributed by atoms with E-state index >= 15 is 0 Å². The van der Waals surface area contributed by atoms with Gasteiger partial charge in [-0.25, -0.2) is 0 Å². The summed E-state index contributed by atoms with van der Waals surface area (Å²) in [6, 6.07) is 2.31. The number of phenolic OH excluding ortho intramolecular Hbond substituents is 1. The van der Waals surface area contributed by atoms with E-state index in [0.29, 0.717) is 11.1 Å². The first-order valence-electron chi connectivity index (χ1n) is 3.85. The summed E-state index contributed by atoms with van der Waals surface area (Å²) >= 11 is 0. The first kappa shape index (κ1) is 10.7. The fourth-order valence-electron chi connectivity index (χ4n) is 1.04. The number of hydrogen-bond acceptors (Lipinski definition) is 2. The molecule has 14 heavy (non-hydrogen) atoms. The standard InChI is InChI=1S/C9H9F3O2/c1-5-3-7(13)4-8(6(5)2)14-9(10,11)12/h3-4,13H,1-2H3. The lowest BCUT2D eigenvalue weighted by atomic mass is 10.1. The van der Waals surface area contributed by atoms with Crippen LogP contribution < -0.4 is 4.74 Å². The monoisotopic (exact) mass is 206 g/mol. The Morgan fingerprint density at radius 3 is 2.29 bits per heavy atom. The Morgan fingerprint density at radius 1 is 1.21 bits per heavy atom. The van der Waals surface area contributed by atoms with Crippen molar-refractivity contribution in [2.24, 2.45) is 0 Å². The molecule has 0 aromatic heterocycles. The quantitative estimate of drug-likeness (QED) is 0.765. The van der Waals surface area contributed by atoms with Crippen LogP contribution in [-0.2, 0) is 0 Å². The zero-order valence-electron chi connectivity index (χ0n) is 7.64. The van der Waals surface area contributed by atoms with E-state index in [4.69, 9.17) is 5.11 Å². The molecule has 5 heteroatoms. The van der Waals surface area contributed by atoms with Crippen LogP contribution in [0.3, 0.4) is 0 Å². The summed E-state index contributed by atoms with van der Waals surface area (Å²) in [4.78, 5) is 0. The summed E-state index contributed by atoms with van der Waals surface area (Å²) in [5.74, 6) is -0.609. The van der Waals surface area contributed by atoms with E-state index < -0.39 is 6.36 Å². The van der Waals surface area contributed by atoms with Crippen molar-refractivity contribution in [1.82, 2.24) is 0 Å². The predicted molar refractivity (Wildman–Crippen MR) is 44.3 cm³/mol. The lowest BCUT2D eigenvalue weighted by molar-refractivity contribution is -0.274. The van der Waals surface area contributed by atoms with Crippen molar-refractivity contribution >= 4 is 0 Å². The Hall–Kier alpha value is -1.39. The van der Waals surface area contributed by atoms with Crippen molar-refractivity contribution < 1.29 is 23.0 Å². The minimum absolute atomic E-state index is 0.243. The van der Waals surface area contributed by atoms with Crippen LogP contribution in [0.1, 0.15) is 11.1 Å². The third-order valence-corrected chi connectivity index (χ3v) is 1.83. The smallest absolute Gasteiger partial charge is 0.508 e. The second-order valence-electron chi connectivity index (χ2n) is 2.93. The number of aromatic hydroxyl groups is 1. The number of benzene rings is 1. The van der Waals surface area contributed by atoms with Gasteiger partial charge in [-0.3, -0.25) is 0 Å². The van der Waals surface area contributed by atoms with Crippen molar-refractivity contribution in [1.29, 1.82) is 0 Å². The van der Waals surface area contributed by atoms with Crippen LogP contribution in [0.4, 0.5) is 13.2 Å². The van der Waals surface area contributed by atoms with Crippen LogP contribution >= 0.6 is 0 Å². The highest BCUT2D eigenvalue weighted by Gasteiger charge is 2.32. The van der Waals surface area contributed by atoms with E-state index in [0.717, 1.165) is 6.07 Å². The molecule has 1 aromatic carbocycles. The molecule has 0 atom stereocenters. The van der Waals surface area contributed by atoms with Gasteiger partial charge in [0.05, 0.1) is 0 Å². The molecule has 2 nitrogen and oxygen atoms in total. The van der Waals surface area contributed by atoms with E-state index in [1.54, 1.807) is 6.92 Å². The third kappa shape index (κ3) is 2.55. The van der Waals surface area contributed by atoms with Crippen LogP contribution in [0, 0.1) is 13.8 Å². The van der Waals surface area contributed by atoms with Gasteiger partial charge in [0.25, 0.3) is 0 Å². The lowest BCUT2D eigenvalue weighted by Crippen LogP contribution is -2.17. The summed E-state index contributed by atoms with van der Waals surface area (Å²) in [5, 5.41) is 9.07. The number of rotatable bonds is 1. The van der Waals surface area contributed by atoms with Gasteiger partial charge in [0.1, 0.15) is 11.5 Å².